The van der Waals surface area contributed by atoms with Gasteiger partial charge in [0.15, 0.2) is 18.9 Å². The average Bonchev–Trinajstić information content (AvgIpc) is 1.04. The smallest absolute Gasteiger partial charge is 0.220 e. The Labute approximate surface area is 519 Å². The first-order valence-corrected chi connectivity index (χ1v) is 32.6. The van der Waals surface area contributed by atoms with Crippen LogP contribution in [0.15, 0.2) is 109 Å². The van der Waals surface area contributed by atoms with E-state index >= 15 is 0 Å². The minimum absolute atomic E-state index is 0.226. The van der Waals surface area contributed by atoms with Crippen molar-refractivity contribution in [3.05, 3.63) is 109 Å². The Morgan fingerprint density at radius 2 is 0.793 bits per heavy atom. The van der Waals surface area contributed by atoms with Crippen LogP contribution in [0.5, 0.6) is 0 Å². The van der Waals surface area contributed by atoms with E-state index in [4.69, 9.17) is 28.4 Å². The molecule has 0 spiro atoms. The molecule has 0 aromatic rings. The van der Waals surface area contributed by atoms with Crippen LogP contribution in [-0.4, -0.2) is 193 Å². The number of aliphatic hydroxyl groups excluding tert-OH is 11. The highest BCUT2D eigenvalue weighted by Gasteiger charge is 2.53. The standard InChI is InChI=1S/C68H113NO18/c1-3-5-7-9-11-13-14-15-16-17-18-19-20-21-22-23-24-25-26-27-28-29-30-31-32-33-34-35-36-38-40-42-44-46-56(74)69-51(52(73)45-43-41-39-37-12-10-8-6-4-2)50-82-66-62(80)59(77)64(54(48-71)84-66)87-68-63(81)60(78)65(55(49-72)85-68)86-67-61(79)58(76)57(75)53(47-70)83-67/h5,7,11,13,15-16,18-19,21-22,24-25,27-28,30-31,43,45,51-55,57-68,70-73,75-81H,3-4,6,8-10,12,14,17,20,23,26,29,32-42,44,46-50H2,1-2H3,(H,69,74)/b7-5-,13-11-,16-15-,19-18-,22-21-,25-24-,28-27-,31-30-,45-43+. The average molecular weight is 1230 g/mol. The summed E-state index contributed by atoms with van der Waals surface area (Å²) in [6, 6.07) is -0.983. The molecule has 0 bridgehead atoms. The van der Waals surface area contributed by atoms with Gasteiger partial charge in [-0.3, -0.25) is 4.79 Å². The van der Waals surface area contributed by atoms with Crippen LogP contribution in [0, 0.1) is 0 Å². The Hall–Kier alpha value is -3.55. The van der Waals surface area contributed by atoms with Crippen molar-refractivity contribution in [2.75, 3.05) is 26.4 Å². The molecule has 0 aromatic carbocycles. The van der Waals surface area contributed by atoms with Crippen molar-refractivity contribution in [1.29, 1.82) is 0 Å². The first kappa shape index (κ1) is 77.7. The van der Waals surface area contributed by atoms with E-state index < -0.39 is 124 Å². The summed E-state index contributed by atoms with van der Waals surface area (Å²) in [5, 5.41) is 120. The lowest BCUT2D eigenvalue weighted by Crippen LogP contribution is -2.66. The molecule has 3 fully saturated rings. The maximum Gasteiger partial charge on any atom is 0.220 e. The molecule has 19 heteroatoms. The molecule has 17 atom stereocenters. The molecule has 3 saturated heterocycles. The van der Waals surface area contributed by atoms with E-state index in [0.29, 0.717) is 6.42 Å². The predicted octanol–water partition coefficient (Wildman–Crippen LogP) is 7.49. The Balaban J connectivity index is 1.37. The number of ether oxygens (including phenoxy) is 6. The van der Waals surface area contributed by atoms with Gasteiger partial charge in [0.25, 0.3) is 0 Å². The van der Waals surface area contributed by atoms with Gasteiger partial charge in [-0.15, -0.1) is 0 Å². The summed E-state index contributed by atoms with van der Waals surface area (Å²) in [6.45, 7) is 1.53. The number of carbonyl (C=O) groups is 1. The molecule has 1 amide bonds. The SMILES string of the molecule is CC/C=C\C/C=C\C/C=C\C/C=C\C/C=C\C/C=C\C/C=C\C/C=C\CCCCCCCCCCC(=O)NC(COC1OC(CO)C(OC2OC(CO)C(OC3OC(CO)C(O)C(O)C3O)C(O)C2O)C(O)C1O)C(O)/C=C/CCCCCCCCC. The zero-order valence-corrected chi connectivity index (χ0v) is 52.2. The minimum atomic E-state index is -1.98. The monoisotopic (exact) mass is 1230 g/mol. The van der Waals surface area contributed by atoms with Crippen LogP contribution in [0.25, 0.3) is 0 Å². The number of hydrogen-bond acceptors (Lipinski definition) is 18. The molecule has 3 aliphatic rings. The molecule has 498 valence electrons. The number of allylic oxidation sites excluding steroid dienone is 17. The molecular formula is C68H113NO18. The van der Waals surface area contributed by atoms with E-state index in [9.17, 15) is 61.0 Å². The Kier molecular flexibility index (Phi) is 43.9. The molecule has 3 heterocycles. The van der Waals surface area contributed by atoms with Crippen molar-refractivity contribution in [3.63, 3.8) is 0 Å². The molecule has 87 heavy (non-hydrogen) atoms. The fourth-order valence-electron chi connectivity index (χ4n) is 10.3. The van der Waals surface area contributed by atoms with E-state index in [1.54, 1.807) is 6.08 Å². The van der Waals surface area contributed by atoms with Gasteiger partial charge in [-0.25, -0.2) is 0 Å². The van der Waals surface area contributed by atoms with Gasteiger partial charge in [0.2, 0.25) is 5.91 Å². The predicted molar refractivity (Wildman–Crippen MR) is 337 cm³/mol. The summed E-state index contributed by atoms with van der Waals surface area (Å²) < 4.78 is 34.2. The second kappa shape index (κ2) is 49.2. The molecule has 0 radical (unpaired) electrons. The molecule has 3 aliphatic heterocycles. The van der Waals surface area contributed by atoms with E-state index in [1.165, 1.54) is 38.5 Å². The van der Waals surface area contributed by atoms with Crippen molar-refractivity contribution in [2.24, 2.45) is 0 Å². The Bertz CT molecular complexity index is 2000. The molecule has 0 saturated carbocycles. The third-order valence-corrected chi connectivity index (χ3v) is 15.6. The van der Waals surface area contributed by atoms with Crippen LogP contribution < -0.4 is 5.32 Å². The summed E-state index contributed by atoms with van der Waals surface area (Å²) in [7, 11) is 0. The first-order chi connectivity index (χ1) is 42.3. The van der Waals surface area contributed by atoms with E-state index in [2.05, 4.69) is 116 Å². The molecule has 0 aliphatic carbocycles. The maximum atomic E-state index is 13.3. The highest BCUT2D eigenvalue weighted by molar-refractivity contribution is 5.76. The third-order valence-electron chi connectivity index (χ3n) is 15.6. The first-order valence-electron chi connectivity index (χ1n) is 32.6. The van der Waals surface area contributed by atoms with Crippen molar-refractivity contribution in [3.8, 4) is 0 Å². The lowest BCUT2D eigenvalue weighted by molar-refractivity contribution is -0.379. The fraction of sp³-hybridized carbons (Fsp3) is 0.721. The third kappa shape index (κ3) is 31.8. The second-order valence-corrected chi connectivity index (χ2v) is 22.8. The van der Waals surface area contributed by atoms with Crippen LogP contribution >= 0.6 is 0 Å². The van der Waals surface area contributed by atoms with Crippen LogP contribution in [-0.2, 0) is 33.2 Å². The van der Waals surface area contributed by atoms with Crippen molar-refractivity contribution < 1.29 is 89.4 Å². The van der Waals surface area contributed by atoms with Crippen LogP contribution in [0.4, 0.5) is 0 Å². The quantitative estimate of drug-likeness (QED) is 0.0207. The van der Waals surface area contributed by atoms with Gasteiger partial charge < -0.3 is 89.9 Å². The fourth-order valence-corrected chi connectivity index (χ4v) is 10.3. The number of hydrogen-bond donors (Lipinski definition) is 12. The van der Waals surface area contributed by atoms with Gasteiger partial charge in [0.1, 0.15) is 73.2 Å². The highest BCUT2D eigenvalue weighted by Crippen LogP contribution is 2.33. The van der Waals surface area contributed by atoms with Gasteiger partial charge >= 0.3 is 0 Å². The topological polar surface area (TPSA) is 307 Å². The van der Waals surface area contributed by atoms with Crippen LogP contribution in [0.3, 0.4) is 0 Å². The van der Waals surface area contributed by atoms with Crippen LogP contribution in [0.2, 0.25) is 0 Å². The Morgan fingerprint density at radius 3 is 1.24 bits per heavy atom. The summed E-state index contributed by atoms with van der Waals surface area (Å²) in [4.78, 5) is 13.3. The number of rotatable bonds is 47. The van der Waals surface area contributed by atoms with Gasteiger partial charge in [0.05, 0.1) is 38.6 Å². The van der Waals surface area contributed by atoms with Crippen molar-refractivity contribution >= 4 is 5.91 Å². The molecular weight excluding hydrogens is 1120 g/mol. The molecule has 19 nitrogen and oxygen atoms in total. The lowest BCUT2D eigenvalue weighted by atomic mass is 9.96. The normalized spacial score (nSPS) is 29.3. The molecule has 12 N–H and O–H groups in total. The Morgan fingerprint density at radius 1 is 0.425 bits per heavy atom. The van der Waals surface area contributed by atoms with Gasteiger partial charge in [-0.2, -0.15) is 0 Å². The molecule has 17 unspecified atom stereocenters. The minimum Gasteiger partial charge on any atom is -0.394 e. The summed E-state index contributed by atoms with van der Waals surface area (Å²) in [6.07, 6.45) is 38.1. The van der Waals surface area contributed by atoms with E-state index in [0.717, 1.165) is 116 Å². The van der Waals surface area contributed by atoms with Gasteiger partial charge in [-0.1, -0.05) is 200 Å². The summed E-state index contributed by atoms with van der Waals surface area (Å²) >= 11 is 0. The zero-order chi connectivity index (χ0) is 63.3. The number of unbranched alkanes of at least 4 members (excludes halogenated alkanes) is 15. The lowest BCUT2D eigenvalue weighted by Gasteiger charge is -2.48. The number of aliphatic hydroxyl groups is 11. The summed E-state index contributed by atoms with van der Waals surface area (Å²) in [5.41, 5.74) is 0. The maximum absolute atomic E-state index is 13.3. The van der Waals surface area contributed by atoms with E-state index in [-0.39, 0.29) is 18.9 Å². The van der Waals surface area contributed by atoms with Gasteiger partial charge in [0, 0.05) is 6.42 Å². The van der Waals surface area contributed by atoms with Crippen molar-refractivity contribution in [1.82, 2.24) is 5.32 Å². The number of amides is 1. The highest BCUT2D eigenvalue weighted by atomic mass is 16.8. The molecule has 3 rings (SSSR count). The van der Waals surface area contributed by atoms with Crippen LogP contribution in [0.1, 0.15) is 181 Å². The van der Waals surface area contributed by atoms with Gasteiger partial charge in [-0.05, 0) is 83.5 Å². The largest absolute Gasteiger partial charge is 0.394 e. The molecule has 0 aromatic heterocycles. The second-order valence-electron chi connectivity index (χ2n) is 22.8. The zero-order valence-electron chi connectivity index (χ0n) is 52.2. The number of carbonyl (C=O) groups excluding carboxylic acids is 1. The van der Waals surface area contributed by atoms with E-state index in [1.807, 2.05) is 6.08 Å². The summed E-state index contributed by atoms with van der Waals surface area (Å²) in [5.74, 6) is -0.293. The van der Waals surface area contributed by atoms with Crippen molar-refractivity contribution in [2.45, 2.75) is 285 Å². The number of nitrogens with one attached hydrogen (secondary N) is 1.